The van der Waals surface area contributed by atoms with Gasteiger partial charge in [-0.25, -0.2) is 0 Å². The molecule has 0 aliphatic rings. The Hall–Kier alpha value is -5.25. The van der Waals surface area contributed by atoms with Gasteiger partial charge in [0.25, 0.3) is 17.5 Å². The van der Waals surface area contributed by atoms with Gasteiger partial charge in [-0.15, -0.1) is 0 Å². The first kappa shape index (κ1) is 24.9. The first-order valence-corrected chi connectivity index (χ1v) is 11.1. The second kappa shape index (κ2) is 11.5. The second-order valence-corrected chi connectivity index (χ2v) is 7.79. The molecule has 2 amide bonds. The first-order chi connectivity index (χ1) is 17.9. The molecule has 37 heavy (non-hydrogen) atoms. The van der Waals surface area contributed by atoms with Crippen LogP contribution in [-0.4, -0.2) is 28.8 Å². The summed E-state index contributed by atoms with van der Waals surface area (Å²) < 4.78 is 10.9. The van der Waals surface area contributed by atoms with Gasteiger partial charge in [-0.1, -0.05) is 18.2 Å². The van der Waals surface area contributed by atoms with E-state index in [1.54, 1.807) is 67.0 Å². The van der Waals surface area contributed by atoms with Crippen LogP contribution in [0.4, 0.5) is 5.69 Å². The van der Waals surface area contributed by atoms with E-state index in [0.717, 1.165) is 5.56 Å². The van der Waals surface area contributed by atoms with Crippen LogP contribution in [0.1, 0.15) is 21.7 Å². The number of nitro groups is 1. The van der Waals surface area contributed by atoms with E-state index in [1.165, 1.54) is 25.3 Å². The Morgan fingerprint density at radius 2 is 1.89 bits per heavy atom. The van der Waals surface area contributed by atoms with Crippen molar-refractivity contribution in [3.8, 4) is 17.1 Å². The maximum atomic E-state index is 13.0. The number of hydrogen-bond acceptors (Lipinski definition) is 7. The number of methoxy groups -OCH3 is 1. The molecule has 10 nitrogen and oxygen atoms in total. The monoisotopic (exact) mass is 498 g/mol. The van der Waals surface area contributed by atoms with Crippen LogP contribution in [0.25, 0.3) is 17.4 Å². The third kappa shape index (κ3) is 6.45. The molecule has 0 saturated carbocycles. The number of hydrogen-bond donors (Lipinski definition) is 2. The summed E-state index contributed by atoms with van der Waals surface area (Å²) in [5, 5.41) is 16.5. The van der Waals surface area contributed by atoms with Gasteiger partial charge in [-0.3, -0.25) is 24.7 Å². The van der Waals surface area contributed by atoms with Gasteiger partial charge in [-0.05, 0) is 48.0 Å². The van der Waals surface area contributed by atoms with Gasteiger partial charge in [0.05, 0.1) is 12.0 Å². The Labute approximate surface area is 211 Å². The normalized spacial score (nSPS) is 11.0. The lowest BCUT2D eigenvalue weighted by atomic mass is 10.1. The predicted molar refractivity (Wildman–Crippen MR) is 135 cm³/mol. The number of nitro benzene ring substituents is 1. The standard InChI is InChI=1S/C27H22N4O6/c1-36-22-9-7-19(8-10-22)26(32)30-24(27(33)29-17-18-4-3-13-28-16-18)15-23-11-12-25(37-23)20-5-2-6-21(14-20)31(34)35/h2-16H,17H2,1H3,(H,29,33)(H,30,32). The molecule has 0 bridgehead atoms. The highest BCUT2D eigenvalue weighted by molar-refractivity contribution is 6.05. The largest absolute Gasteiger partial charge is 0.497 e. The Balaban J connectivity index is 1.59. The van der Waals surface area contributed by atoms with Crippen LogP contribution in [0.5, 0.6) is 5.75 Å². The highest BCUT2D eigenvalue weighted by Gasteiger charge is 2.17. The fourth-order valence-electron chi connectivity index (χ4n) is 3.38. The van der Waals surface area contributed by atoms with E-state index in [9.17, 15) is 19.7 Å². The fraction of sp³-hybridized carbons (Fsp3) is 0.0741. The van der Waals surface area contributed by atoms with Crippen LogP contribution in [0.15, 0.2) is 95.3 Å². The molecule has 186 valence electrons. The highest BCUT2D eigenvalue weighted by Crippen LogP contribution is 2.26. The van der Waals surface area contributed by atoms with Gasteiger partial charge in [0.2, 0.25) is 0 Å². The van der Waals surface area contributed by atoms with E-state index < -0.39 is 16.7 Å². The topological polar surface area (TPSA) is 137 Å². The van der Waals surface area contributed by atoms with E-state index in [1.807, 2.05) is 6.07 Å². The lowest BCUT2D eigenvalue weighted by Crippen LogP contribution is -2.34. The molecule has 2 heterocycles. The first-order valence-electron chi connectivity index (χ1n) is 11.1. The molecule has 0 spiro atoms. The molecule has 10 heteroatoms. The minimum atomic E-state index is -0.543. The van der Waals surface area contributed by atoms with Crippen molar-refractivity contribution in [3.05, 3.63) is 118 Å². The number of nitrogens with zero attached hydrogens (tertiary/aromatic N) is 2. The summed E-state index contributed by atoms with van der Waals surface area (Å²) in [6.45, 7) is 0.194. The summed E-state index contributed by atoms with van der Waals surface area (Å²) in [6.07, 6.45) is 4.64. The Morgan fingerprint density at radius 3 is 2.59 bits per heavy atom. The number of benzene rings is 2. The zero-order chi connectivity index (χ0) is 26.2. The number of non-ortho nitro benzene ring substituents is 1. The predicted octanol–water partition coefficient (Wildman–Crippen LogP) is 4.35. The van der Waals surface area contributed by atoms with Gasteiger partial charge in [0.15, 0.2) is 0 Å². The number of nitrogens with one attached hydrogen (secondary N) is 2. The zero-order valence-electron chi connectivity index (χ0n) is 19.7. The maximum Gasteiger partial charge on any atom is 0.270 e. The fourth-order valence-corrected chi connectivity index (χ4v) is 3.38. The number of carbonyl (C=O) groups is 2. The van der Waals surface area contributed by atoms with Gasteiger partial charge in [-0.2, -0.15) is 0 Å². The van der Waals surface area contributed by atoms with Crippen LogP contribution >= 0.6 is 0 Å². The molecule has 0 aliphatic heterocycles. The summed E-state index contributed by atoms with van der Waals surface area (Å²) in [6, 6.07) is 19.2. The number of amides is 2. The Bertz CT molecular complexity index is 1450. The summed E-state index contributed by atoms with van der Waals surface area (Å²) in [7, 11) is 1.52. The summed E-state index contributed by atoms with van der Waals surface area (Å²) in [4.78, 5) is 40.5. The molecule has 0 unspecified atom stereocenters. The lowest BCUT2D eigenvalue weighted by Gasteiger charge is -2.11. The molecule has 2 aromatic carbocycles. The van der Waals surface area contributed by atoms with Crippen molar-refractivity contribution < 1.29 is 23.7 Å². The Morgan fingerprint density at radius 1 is 1.08 bits per heavy atom. The number of furan rings is 1. The van der Waals surface area contributed by atoms with Gasteiger partial charge >= 0.3 is 0 Å². The third-order valence-corrected chi connectivity index (χ3v) is 5.28. The lowest BCUT2D eigenvalue weighted by molar-refractivity contribution is -0.384. The quantitative estimate of drug-likeness (QED) is 0.199. The molecule has 2 N–H and O–H groups in total. The molecular weight excluding hydrogens is 476 g/mol. The van der Waals surface area contributed by atoms with Crippen LogP contribution < -0.4 is 15.4 Å². The van der Waals surface area contributed by atoms with Crippen molar-refractivity contribution in [1.29, 1.82) is 0 Å². The van der Waals surface area contributed by atoms with Crippen LogP contribution in [0.3, 0.4) is 0 Å². The van der Waals surface area contributed by atoms with Crippen molar-refractivity contribution >= 4 is 23.6 Å². The molecular formula is C27H22N4O6. The highest BCUT2D eigenvalue weighted by atomic mass is 16.6. The second-order valence-electron chi connectivity index (χ2n) is 7.79. The molecule has 4 aromatic rings. The van der Waals surface area contributed by atoms with E-state index in [2.05, 4.69) is 15.6 Å². The number of carbonyl (C=O) groups excluding carboxylic acids is 2. The van der Waals surface area contributed by atoms with Crippen LogP contribution in [-0.2, 0) is 11.3 Å². The summed E-state index contributed by atoms with van der Waals surface area (Å²) >= 11 is 0. The van der Waals surface area contributed by atoms with Gasteiger partial charge in [0.1, 0.15) is 23.0 Å². The van der Waals surface area contributed by atoms with Crippen molar-refractivity contribution in [2.75, 3.05) is 7.11 Å². The van der Waals surface area contributed by atoms with Crippen molar-refractivity contribution in [1.82, 2.24) is 15.6 Å². The SMILES string of the molecule is COc1ccc(C(=O)NC(=Cc2ccc(-c3cccc([N+](=O)[O-])c3)o2)C(=O)NCc2cccnc2)cc1. The van der Waals surface area contributed by atoms with E-state index in [4.69, 9.17) is 9.15 Å². The molecule has 2 aromatic heterocycles. The third-order valence-electron chi connectivity index (χ3n) is 5.28. The average molecular weight is 498 g/mol. The molecule has 4 rings (SSSR count). The van der Waals surface area contributed by atoms with E-state index >= 15 is 0 Å². The van der Waals surface area contributed by atoms with Crippen molar-refractivity contribution in [2.45, 2.75) is 6.54 Å². The average Bonchev–Trinajstić information content (AvgIpc) is 3.40. The molecule has 0 atom stereocenters. The number of pyridine rings is 1. The van der Waals surface area contributed by atoms with E-state index in [0.29, 0.717) is 22.6 Å². The maximum absolute atomic E-state index is 13.0. The van der Waals surface area contributed by atoms with Crippen molar-refractivity contribution in [3.63, 3.8) is 0 Å². The van der Waals surface area contributed by atoms with Gasteiger partial charge < -0.3 is 19.8 Å². The zero-order valence-corrected chi connectivity index (χ0v) is 19.7. The summed E-state index contributed by atoms with van der Waals surface area (Å²) in [5.74, 6) is 0.176. The molecule has 0 saturated heterocycles. The number of aromatic nitrogens is 1. The molecule has 0 aliphatic carbocycles. The minimum Gasteiger partial charge on any atom is -0.497 e. The van der Waals surface area contributed by atoms with Crippen LogP contribution in [0.2, 0.25) is 0 Å². The molecule has 0 radical (unpaired) electrons. The number of rotatable bonds is 9. The van der Waals surface area contributed by atoms with Gasteiger partial charge in [0, 0.05) is 48.3 Å². The summed E-state index contributed by atoms with van der Waals surface area (Å²) in [5.41, 5.74) is 1.47. The molecule has 0 fully saturated rings. The van der Waals surface area contributed by atoms with Crippen LogP contribution in [0, 0.1) is 10.1 Å². The minimum absolute atomic E-state index is 0.0512. The van der Waals surface area contributed by atoms with E-state index in [-0.39, 0.29) is 23.7 Å². The number of ether oxygens (including phenoxy) is 1. The smallest absolute Gasteiger partial charge is 0.270 e. The Kier molecular flexibility index (Phi) is 7.69. The van der Waals surface area contributed by atoms with Crippen molar-refractivity contribution in [2.24, 2.45) is 0 Å².